The summed E-state index contributed by atoms with van der Waals surface area (Å²) in [4.78, 5) is 48.2. The second kappa shape index (κ2) is 12.5. The number of carbonyl (C=O) groups is 2. The molecule has 0 unspecified atom stereocenters. The number of nitrogens with zero attached hydrogens (tertiary/aromatic N) is 2. The number of benzene rings is 2. The van der Waals surface area contributed by atoms with Gasteiger partial charge in [-0.25, -0.2) is 4.79 Å². The van der Waals surface area contributed by atoms with E-state index >= 15 is 0 Å². The summed E-state index contributed by atoms with van der Waals surface area (Å²) in [5, 5.41) is 2.35. The lowest BCUT2D eigenvalue weighted by molar-refractivity contribution is -0.120. The number of hydrogen-bond acceptors (Lipinski definition) is 5. The minimum atomic E-state index is -0.452. The van der Waals surface area contributed by atoms with Gasteiger partial charge in [-0.3, -0.25) is 23.4 Å². The zero-order chi connectivity index (χ0) is 25.4. The van der Waals surface area contributed by atoms with E-state index in [1.165, 1.54) is 15.2 Å². The molecule has 0 fully saturated rings. The molecule has 2 aromatic heterocycles. The van der Waals surface area contributed by atoms with Crippen LogP contribution in [0.1, 0.15) is 32.8 Å². The summed E-state index contributed by atoms with van der Waals surface area (Å²) in [7, 11) is 0. The molecule has 0 aliphatic carbocycles. The summed E-state index contributed by atoms with van der Waals surface area (Å²) in [6, 6.07) is 19.1. The second-order valence-electron chi connectivity index (χ2n) is 7.56. The van der Waals surface area contributed by atoms with Gasteiger partial charge in [0.15, 0.2) is 0 Å². The predicted octanol–water partition coefficient (Wildman–Crippen LogP) is 3.88. The van der Waals surface area contributed by atoms with Crippen LogP contribution in [0.5, 0.6) is 0 Å². The zero-order valence-corrected chi connectivity index (χ0v) is 21.4. The van der Waals surface area contributed by atoms with Gasteiger partial charge in [-0.1, -0.05) is 73.3 Å². The molecule has 1 amide bonds. The van der Waals surface area contributed by atoms with Gasteiger partial charge in [0, 0.05) is 30.6 Å². The van der Waals surface area contributed by atoms with Crippen LogP contribution in [0.25, 0.3) is 4.83 Å². The van der Waals surface area contributed by atoms with E-state index in [4.69, 9.17) is 11.6 Å². The summed E-state index contributed by atoms with van der Waals surface area (Å²) in [5.74, 6) is 0.375. The van der Waals surface area contributed by atoms with Gasteiger partial charge in [-0.15, -0.1) is 22.9 Å². The molecule has 2 heterocycles. The highest BCUT2D eigenvalue weighted by atomic mass is 35.5. The number of alkyl halides is 1. The van der Waals surface area contributed by atoms with Crippen LogP contribution in [-0.2, 0) is 17.9 Å². The van der Waals surface area contributed by atoms with Crippen molar-refractivity contribution in [2.75, 3.05) is 5.88 Å². The Morgan fingerprint density at radius 2 is 1.60 bits per heavy atom. The van der Waals surface area contributed by atoms with Crippen LogP contribution in [0.3, 0.4) is 0 Å². The number of aromatic nitrogens is 2. The molecule has 0 aliphatic rings. The Bertz CT molecular complexity index is 1430. The van der Waals surface area contributed by atoms with Crippen molar-refractivity contribution in [1.82, 2.24) is 14.3 Å². The van der Waals surface area contributed by atoms with Crippen molar-refractivity contribution < 1.29 is 9.59 Å². The van der Waals surface area contributed by atoms with E-state index in [-0.39, 0.29) is 18.0 Å². The summed E-state index contributed by atoms with van der Waals surface area (Å²) in [6.07, 6.45) is 1.82. The van der Waals surface area contributed by atoms with Gasteiger partial charge in [0.25, 0.3) is 5.56 Å². The SMILES string of the molecule is Cc1c(=O)n(Cc2ccccc2)c(=O)n2cc(C(=O)S)sc12.O=C(CCCl)NCc1ccccc1. The highest BCUT2D eigenvalue weighted by Gasteiger charge is 2.16. The fourth-order valence-corrected chi connectivity index (χ4v) is 4.53. The monoisotopic (exact) mass is 529 g/mol. The summed E-state index contributed by atoms with van der Waals surface area (Å²) >= 11 is 10.3. The van der Waals surface area contributed by atoms with Crippen LogP contribution >= 0.6 is 35.6 Å². The molecule has 35 heavy (non-hydrogen) atoms. The average molecular weight is 530 g/mol. The summed E-state index contributed by atoms with van der Waals surface area (Å²) in [6.45, 7) is 2.43. The number of hydrogen-bond donors (Lipinski definition) is 2. The Hall–Kier alpha value is -3.14. The van der Waals surface area contributed by atoms with E-state index in [0.717, 1.165) is 22.5 Å². The predicted molar refractivity (Wildman–Crippen MR) is 143 cm³/mol. The lowest BCUT2D eigenvalue weighted by atomic mass is 10.2. The summed E-state index contributed by atoms with van der Waals surface area (Å²) < 4.78 is 2.52. The Morgan fingerprint density at radius 3 is 2.17 bits per heavy atom. The Morgan fingerprint density at radius 1 is 1.00 bits per heavy atom. The highest BCUT2D eigenvalue weighted by Crippen LogP contribution is 2.19. The van der Waals surface area contributed by atoms with E-state index in [1.807, 2.05) is 60.7 Å². The number of thiol groups is 1. The molecule has 0 saturated carbocycles. The Labute approximate surface area is 216 Å². The molecule has 0 saturated heterocycles. The van der Waals surface area contributed by atoms with Crippen LogP contribution < -0.4 is 16.6 Å². The molecule has 0 aliphatic heterocycles. The van der Waals surface area contributed by atoms with Crippen molar-refractivity contribution in [2.45, 2.75) is 26.4 Å². The molecular weight excluding hydrogens is 506 g/mol. The molecule has 182 valence electrons. The first kappa shape index (κ1) is 26.5. The normalized spacial score (nSPS) is 10.5. The Balaban J connectivity index is 0.000000225. The molecule has 7 nitrogen and oxygen atoms in total. The molecule has 0 atom stereocenters. The van der Waals surface area contributed by atoms with Crippen molar-refractivity contribution in [1.29, 1.82) is 0 Å². The van der Waals surface area contributed by atoms with Crippen molar-refractivity contribution in [3.63, 3.8) is 0 Å². The van der Waals surface area contributed by atoms with E-state index < -0.39 is 10.8 Å². The highest BCUT2D eigenvalue weighted by molar-refractivity contribution is 7.97. The van der Waals surface area contributed by atoms with Crippen molar-refractivity contribution >= 4 is 51.4 Å². The maximum absolute atomic E-state index is 12.5. The number of thiazole rings is 1. The molecule has 10 heteroatoms. The molecule has 0 radical (unpaired) electrons. The lowest BCUT2D eigenvalue weighted by Crippen LogP contribution is -2.38. The number of fused-ring (bicyclic) bond motifs is 1. The molecule has 4 aromatic rings. The van der Waals surface area contributed by atoms with Crippen LogP contribution in [0, 0.1) is 6.92 Å². The van der Waals surface area contributed by atoms with Gasteiger partial charge < -0.3 is 5.32 Å². The van der Waals surface area contributed by atoms with E-state index in [2.05, 4.69) is 17.9 Å². The molecule has 4 rings (SSSR count). The van der Waals surface area contributed by atoms with Gasteiger partial charge in [0.2, 0.25) is 11.0 Å². The first-order valence-corrected chi connectivity index (χ1v) is 12.5. The Kier molecular flexibility index (Phi) is 9.47. The third-order valence-corrected chi connectivity index (χ3v) is 6.83. The number of amides is 1. The fourth-order valence-electron chi connectivity index (χ4n) is 3.24. The van der Waals surface area contributed by atoms with Crippen LogP contribution in [-0.4, -0.2) is 25.9 Å². The standard InChI is InChI=1S/C15H12N2O3S2.C10H12ClNO/c1-9-12(18)16(7-10-5-3-2-4-6-10)15(20)17-8-11(14(19)21)22-13(9)17;11-7-6-10(13)12-8-9-4-2-1-3-5-9/h2-6,8H,7H2,1H3,(H,19,21);1-5H,6-8H2,(H,12,13). The van der Waals surface area contributed by atoms with Gasteiger partial charge in [0.05, 0.1) is 11.4 Å². The number of nitrogens with one attached hydrogen (secondary N) is 1. The van der Waals surface area contributed by atoms with E-state index in [9.17, 15) is 19.2 Å². The lowest BCUT2D eigenvalue weighted by Gasteiger charge is -2.07. The first-order valence-electron chi connectivity index (χ1n) is 10.7. The molecule has 0 spiro atoms. The first-order chi connectivity index (χ1) is 16.8. The topological polar surface area (TPSA) is 89.7 Å². The minimum Gasteiger partial charge on any atom is -0.352 e. The maximum atomic E-state index is 12.5. The van der Waals surface area contributed by atoms with Crippen molar-refractivity contribution in [3.8, 4) is 0 Å². The minimum absolute atomic E-state index is 0.00106. The number of rotatable bonds is 7. The van der Waals surface area contributed by atoms with E-state index in [0.29, 0.717) is 34.1 Å². The van der Waals surface area contributed by atoms with Crippen molar-refractivity contribution in [2.24, 2.45) is 0 Å². The number of aryl methyl sites for hydroxylation is 1. The van der Waals surface area contributed by atoms with Crippen molar-refractivity contribution in [3.05, 3.63) is 109 Å². The van der Waals surface area contributed by atoms with Crippen LogP contribution in [0.15, 0.2) is 76.4 Å². The number of halogens is 1. The molecular formula is C25H24ClN3O4S2. The zero-order valence-electron chi connectivity index (χ0n) is 18.9. The van der Waals surface area contributed by atoms with Gasteiger partial charge in [-0.05, 0) is 18.1 Å². The van der Waals surface area contributed by atoms with Gasteiger partial charge in [0.1, 0.15) is 4.83 Å². The van der Waals surface area contributed by atoms with Crippen LogP contribution in [0.2, 0.25) is 0 Å². The third kappa shape index (κ3) is 6.94. The van der Waals surface area contributed by atoms with Crippen LogP contribution in [0.4, 0.5) is 0 Å². The smallest absolute Gasteiger partial charge is 0.336 e. The second-order valence-corrected chi connectivity index (χ2v) is 9.38. The molecule has 0 bridgehead atoms. The van der Waals surface area contributed by atoms with Gasteiger partial charge in [-0.2, -0.15) is 0 Å². The summed E-state index contributed by atoms with van der Waals surface area (Å²) in [5.41, 5.74) is 1.62. The number of carbonyl (C=O) groups excluding carboxylic acids is 2. The quantitative estimate of drug-likeness (QED) is 0.281. The fraction of sp³-hybridized carbons (Fsp3) is 0.200. The third-order valence-electron chi connectivity index (χ3n) is 5.04. The van der Waals surface area contributed by atoms with E-state index in [1.54, 1.807) is 6.92 Å². The maximum Gasteiger partial charge on any atom is 0.336 e. The molecule has 1 N–H and O–H groups in total. The molecule has 2 aromatic carbocycles. The van der Waals surface area contributed by atoms with Gasteiger partial charge >= 0.3 is 5.69 Å². The largest absolute Gasteiger partial charge is 0.352 e. The average Bonchev–Trinajstić information content (AvgIpc) is 3.32.